The van der Waals surface area contributed by atoms with E-state index in [0.717, 1.165) is 0 Å². The van der Waals surface area contributed by atoms with E-state index in [1.165, 1.54) is 13.8 Å². The van der Waals surface area contributed by atoms with Crippen molar-refractivity contribution in [3.8, 4) is 0 Å². The summed E-state index contributed by atoms with van der Waals surface area (Å²) >= 11 is 0. The molecule has 15 heavy (non-hydrogen) atoms. The molecular formula is C9H18O6. The number of aliphatic hydroxyl groups excluding tert-OH is 4. The number of rotatable bonds is 2. The van der Waals surface area contributed by atoms with Crippen LogP contribution in [0.1, 0.15) is 13.8 Å². The number of hydrogen-bond donors (Lipinski definition) is 5. The predicted molar refractivity (Wildman–Crippen MR) is 50.1 cm³/mol. The van der Waals surface area contributed by atoms with Crippen LogP contribution in [0, 0.1) is 0 Å². The Morgan fingerprint density at radius 3 is 2.00 bits per heavy atom. The highest BCUT2D eigenvalue weighted by atomic mass is 16.6. The lowest BCUT2D eigenvalue weighted by molar-refractivity contribution is -0.263. The Labute approximate surface area is 87.7 Å². The molecule has 0 aliphatic carbocycles. The van der Waals surface area contributed by atoms with E-state index < -0.39 is 42.7 Å². The number of aliphatic hydroxyl groups is 5. The smallest absolute Gasteiger partial charge is 0.115 e. The van der Waals surface area contributed by atoms with E-state index in [-0.39, 0.29) is 0 Å². The van der Waals surface area contributed by atoms with Gasteiger partial charge in [-0.05, 0) is 13.8 Å². The van der Waals surface area contributed by atoms with Crippen molar-refractivity contribution >= 4 is 0 Å². The summed E-state index contributed by atoms with van der Waals surface area (Å²) in [6.45, 7) is 2.34. The van der Waals surface area contributed by atoms with Gasteiger partial charge in [-0.25, -0.2) is 0 Å². The van der Waals surface area contributed by atoms with E-state index in [1.807, 2.05) is 0 Å². The molecule has 0 bridgehead atoms. The van der Waals surface area contributed by atoms with Crippen molar-refractivity contribution in [1.82, 2.24) is 0 Å². The van der Waals surface area contributed by atoms with Gasteiger partial charge >= 0.3 is 0 Å². The lowest BCUT2D eigenvalue weighted by Gasteiger charge is -2.44. The van der Waals surface area contributed by atoms with Gasteiger partial charge in [-0.15, -0.1) is 0 Å². The van der Waals surface area contributed by atoms with Gasteiger partial charge in [-0.3, -0.25) is 0 Å². The van der Waals surface area contributed by atoms with Crippen LogP contribution in [0.5, 0.6) is 0 Å². The molecule has 1 rings (SSSR count). The van der Waals surface area contributed by atoms with Crippen molar-refractivity contribution in [2.24, 2.45) is 0 Å². The molecule has 1 aliphatic rings. The number of ether oxygens (including phenoxy) is 1. The van der Waals surface area contributed by atoms with E-state index >= 15 is 0 Å². The van der Waals surface area contributed by atoms with Crippen molar-refractivity contribution in [2.45, 2.75) is 50.0 Å². The largest absolute Gasteiger partial charge is 0.394 e. The Kier molecular flexibility index (Phi) is 3.70. The lowest BCUT2D eigenvalue weighted by atomic mass is 9.87. The molecule has 5 atom stereocenters. The molecule has 5 N–H and O–H groups in total. The maximum atomic E-state index is 9.67. The maximum Gasteiger partial charge on any atom is 0.115 e. The standard InChI is InChI=1S/C9H18O6/c1-9(2,14)8-7(13)6(12)5(11)4(3-10)15-8/h4-8,10-14H,3H2,1-2H3/t4?,5-,6?,7?,8+/m1/s1. The summed E-state index contributed by atoms with van der Waals surface area (Å²) in [5.74, 6) is 0. The summed E-state index contributed by atoms with van der Waals surface area (Å²) in [7, 11) is 0. The molecule has 6 heteroatoms. The minimum atomic E-state index is -1.44. The van der Waals surface area contributed by atoms with Gasteiger partial charge in [0, 0.05) is 0 Å². The third kappa shape index (κ3) is 2.47. The van der Waals surface area contributed by atoms with Gasteiger partial charge in [-0.2, -0.15) is 0 Å². The molecule has 0 aromatic heterocycles. The van der Waals surface area contributed by atoms with Crippen molar-refractivity contribution in [3.63, 3.8) is 0 Å². The van der Waals surface area contributed by atoms with Crippen LogP contribution in [0.25, 0.3) is 0 Å². The van der Waals surface area contributed by atoms with Crippen LogP contribution in [-0.2, 0) is 4.74 Å². The van der Waals surface area contributed by atoms with Gasteiger partial charge in [0.15, 0.2) is 0 Å². The highest BCUT2D eigenvalue weighted by Crippen LogP contribution is 2.27. The summed E-state index contributed by atoms with van der Waals surface area (Å²) in [5, 5.41) is 47.0. The van der Waals surface area contributed by atoms with E-state index in [9.17, 15) is 20.4 Å². The normalized spacial score (nSPS) is 43.0. The summed E-state index contributed by atoms with van der Waals surface area (Å²) in [6.07, 6.45) is -6.23. The van der Waals surface area contributed by atoms with Crippen LogP contribution in [-0.4, -0.2) is 68.3 Å². The zero-order valence-corrected chi connectivity index (χ0v) is 8.74. The predicted octanol–water partition coefficient (Wildman–Crippen LogP) is -2.40. The van der Waals surface area contributed by atoms with Crippen LogP contribution in [0.2, 0.25) is 0 Å². The Balaban J connectivity index is 2.83. The molecule has 1 saturated heterocycles. The summed E-state index contributed by atoms with van der Waals surface area (Å²) in [5.41, 5.74) is -1.37. The summed E-state index contributed by atoms with van der Waals surface area (Å²) in [6, 6.07) is 0. The van der Waals surface area contributed by atoms with Crippen molar-refractivity contribution < 1.29 is 30.3 Å². The SMILES string of the molecule is CC(C)(O)[C@H]1OC(CO)[C@@H](O)C(O)C1O. The van der Waals surface area contributed by atoms with E-state index in [4.69, 9.17) is 9.84 Å². The molecule has 3 unspecified atom stereocenters. The lowest BCUT2D eigenvalue weighted by Crippen LogP contribution is -2.63. The molecule has 90 valence electrons. The average molecular weight is 222 g/mol. The minimum Gasteiger partial charge on any atom is -0.394 e. The Morgan fingerprint density at radius 2 is 1.60 bits per heavy atom. The Morgan fingerprint density at radius 1 is 1.07 bits per heavy atom. The molecule has 0 amide bonds. The second kappa shape index (κ2) is 4.32. The van der Waals surface area contributed by atoms with Gasteiger partial charge in [0.25, 0.3) is 0 Å². The zero-order chi connectivity index (χ0) is 11.8. The van der Waals surface area contributed by atoms with Gasteiger partial charge in [0.1, 0.15) is 30.5 Å². The van der Waals surface area contributed by atoms with Crippen molar-refractivity contribution in [3.05, 3.63) is 0 Å². The molecule has 1 aliphatic heterocycles. The molecule has 0 spiro atoms. The first kappa shape index (κ1) is 12.8. The monoisotopic (exact) mass is 222 g/mol. The van der Waals surface area contributed by atoms with Crippen LogP contribution in [0.3, 0.4) is 0 Å². The quantitative estimate of drug-likeness (QED) is 0.356. The van der Waals surface area contributed by atoms with E-state index in [0.29, 0.717) is 0 Å². The zero-order valence-electron chi connectivity index (χ0n) is 8.74. The van der Waals surface area contributed by atoms with Crippen LogP contribution < -0.4 is 0 Å². The van der Waals surface area contributed by atoms with Crippen LogP contribution >= 0.6 is 0 Å². The van der Waals surface area contributed by atoms with Gasteiger partial charge in [0.2, 0.25) is 0 Å². The highest BCUT2D eigenvalue weighted by molar-refractivity contribution is 4.97. The molecular weight excluding hydrogens is 204 g/mol. The highest BCUT2D eigenvalue weighted by Gasteiger charge is 2.48. The van der Waals surface area contributed by atoms with Crippen molar-refractivity contribution in [2.75, 3.05) is 6.61 Å². The van der Waals surface area contributed by atoms with Gasteiger partial charge < -0.3 is 30.3 Å². The van der Waals surface area contributed by atoms with Crippen molar-refractivity contribution in [1.29, 1.82) is 0 Å². The first-order valence-corrected chi connectivity index (χ1v) is 4.82. The molecule has 0 saturated carbocycles. The maximum absolute atomic E-state index is 9.67. The first-order chi connectivity index (χ1) is 6.79. The second-order valence-corrected chi connectivity index (χ2v) is 4.40. The fourth-order valence-electron chi connectivity index (χ4n) is 1.69. The topological polar surface area (TPSA) is 110 Å². The first-order valence-electron chi connectivity index (χ1n) is 4.82. The van der Waals surface area contributed by atoms with E-state index in [1.54, 1.807) is 0 Å². The Bertz CT molecular complexity index is 211. The molecule has 1 fully saturated rings. The minimum absolute atomic E-state index is 0.489. The molecule has 1 heterocycles. The third-order valence-electron chi connectivity index (χ3n) is 2.59. The molecule has 0 aromatic rings. The Hall–Kier alpha value is -0.240. The van der Waals surface area contributed by atoms with Crippen LogP contribution in [0.4, 0.5) is 0 Å². The van der Waals surface area contributed by atoms with Gasteiger partial charge in [0.05, 0.1) is 12.2 Å². The molecule has 0 radical (unpaired) electrons. The second-order valence-electron chi connectivity index (χ2n) is 4.40. The molecule has 6 nitrogen and oxygen atoms in total. The fourth-order valence-corrected chi connectivity index (χ4v) is 1.69. The summed E-state index contributed by atoms with van der Waals surface area (Å²) in [4.78, 5) is 0. The number of hydrogen-bond acceptors (Lipinski definition) is 6. The average Bonchev–Trinajstić information content (AvgIpc) is 2.13. The fraction of sp³-hybridized carbons (Fsp3) is 1.00. The summed E-state index contributed by atoms with van der Waals surface area (Å²) < 4.78 is 5.13. The van der Waals surface area contributed by atoms with Gasteiger partial charge in [-0.1, -0.05) is 0 Å². The third-order valence-corrected chi connectivity index (χ3v) is 2.59. The van der Waals surface area contributed by atoms with E-state index in [2.05, 4.69) is 0 Å². The van der Waals surface area contributed by atoms with Crippen LogP contribution in [0.15, 0.2) is 0 Å². The molecule has 0 aromatic carbocycles.